The van der Waals surface area contributed by atoms with Crippen molar-refractivity contribution in [3.05, 3.63) is 17.5 Å². The van der Waals surface area contributed by atoms with Crippen molar-refractivity contribution in [1.29, 1.82) is 0 Å². The zero-order valence-corrected chi connectivity index (χ0v) is 9.15. The zero-order valence-electron chi connectivity index (χ0n) is 9.15. The van der Waals surface area contributed by atoms with Crippen molar-refractivity contribution in [3.63, 3.8) is 0 Å². The summed E-state index contributed by atoms with van der Waals surface area (Å²) in [4.78, 5) is 2.36. The maximum Gasteiger partial charge on any atom is 0.137 e. The van der Waals surface area contributed by atoms with Gasteiger partial charge in [-0.3, -0.25) is 0 Å². The van der Waals surface area contributed by atoms with Crippen LogP contribution >= 0.6 is 0 Å². The number of aliphatic hydroxyl groups excluding tert-OH is 1. The van der Waals surface area contributed by atoms with E-state index in [0.717, 1.165) is 12.2 Å². The number of nitrogens with zero attached hydrogens (tertiary/aromatic N) is 2. The largest absolute Gasteiger partial charge is 0.390 e. The van der Waals surface area contributed by atoms with E-state index in [-0.39, 0.29) is 6.61 Å². The minimum Gasteiger partial charge on any atom is -0.390 e. The first-order valence-corrected chi connectivity index (χ1v) is 5.52. The highest BCUT2D eigenvalue weighted by Crippen LogP contribution is 2.21. The van der Waals surface area contributed by atoms with E-state index in [9.17, 15) is 0 Å². The molecule has 4 nitrogen and oxygen atoms in total. The van der Waals surface area contributed by atoms with E-state index < -0.39 is 0 Å². The van der Waals surface area contributed by atoms with Crippen LogP contribution in [-0.4, -0.2) is 35.3 Å². The summed E-state index contributed by atoms with van der Waals surface area (Å²) in [5, 5.41) is 12.6. The number of rotatable bonds is 3. The summed E-state index contributed by atoms with van der Waals surface area (Å²) < 4.78 is 5.16. The zero-order chi connectivity index (χ0) is 10.7. The summed E-state index contributed by atoms with van der Waals surface area (Å²) in [5.74, 6) is 1.62. The molecule has 4 heteroatoms. The fraction of sp³-hybridized carbons (Fsp3) is 0.727. The molecule has 0 spiro atoms. The van der Waals surface area contributed by atoms with Gasteiger partial charge in [-0.2, -0.15) is 0 Å². The Morgan fingerprint density at radius 3 is 2.87 bits per heavy atom. The average Bonchev–Trinajstić information content (AvgIpc) is 2.69. The summed E-state index contributed by atoms with van der Waals surface area (Å²) in [7, 11) is 2.16. The topological polar surface area (TPSA) is 49.5 Å². The molecule has 2 heterocycles. The van der Waals surface area contributed by atoms with E-state index in [1.54, 1.807) is 0 Å². The van der Waals surface area contributed by atoms with Crippen molar-refractivity contribution < 1.29 is 9.63 Å². The quantitative estimate of drug-likeness (QED) is 0.810. The predicted molar refractivity (Wildman–Crippen MR) is 56.4 cm³/mol. The standard InChI is InChI=1S/C11H18N2O2/c1-13-4-2-9(3-5-13)6-11-7-10(8-14)12-15-11/h7,9,14H,2-6,8H2,1H3. The third kappa shape index (κ3) is 2.79. The molecule has 84 valence electrons. The fourth-order valence-corrected chi connectivity index (χ4v) is 2.08. The van der Waals surface area contributed by atoms with Crippen LogP contribution in [0.5, 0.6) is 0 Å². The smallest absolute Gasteiger partial charge is 0.137 e. The van der Waals surface area contributed by atoms with Crippen LogP contribution in [-0.2, 0) is 13.0 Å². The molecule has 0 amide bonds. The van der Waals surface area contributed by atoms with Crippen molar-refractivity contribution in [2.24, 2.45) is 5.92 Å². The molecular formula is C11H18N2O2. The van der Waals surface area contributed by atoms with Gasteiger partial charge in [0.25, 0.3) is 0 Å². The van der Waals surface area contributed by atoms with Gasteiger partial charge in [-0.25, -0.2) is 0 Å². The Balaban J connectivity index is 1.86. The van der Waals surface area contributed by atoms with Gasteiger partial charge in [0, 0.05) is 12.5 Å². The van der Waals surface area contributed by atoms with Gasteiger partial charge in [0.05, 0.1) is 6.61 Å². The second kappa shape index (κ2) is 4.77. The van der Waals surface area contributed by atoms with E-state index in [0.29, 0.717) is 11.6 Å². The third-order valence-corrected chi connectivity index (χ3v) is 3.10. The maximum absolute atomic E-state index is 8.86. The first kappa shape index (κ1) is 10.6. The molecule has 1 saturated heterocycles. The Morgan fingerprint density at radius 1 is 1.53 bits per heavy atom. The number of piperidine rings is 1. The molecule has 2 rings (SSSR count). The number of aromatic nitrogens is 1. The second-order valence-electron chi connectivity index (χ2n) is 4.39. The molecule has 0 unspecified atom stereocenters. The van der Waals surface area contributed by atoms with Gasteiger partial charge >= 0.3 is 0 Å². The Hall–Kier alpha value is -0.870. The molecule has 0 bridgehead atoms. The van der Waals surface area contributed by atoms with Gasteiger partial charge in [0.15, 0.2) is 0 Å². The van der Waals surface area contributed by atoms with Gasteiger partial charge in [-0.05, 0) is 38.9 Å². The minimum absolute atomic E-state index is 0.0308. The lowest BCUT2D eigenvalue weighted by molar-refractivity contribution is 0.209. The summed E-state index contributed by atoms with van der Waals surface area (Å²) >= 11 is 0. The summed E-state index contributed by atoms with van der Waals surface area (Å²) in [6, 6.07) is 1.86. The summed E-state index contributed by atoms with van der Waals surface area (Å²) in [5.41, 5.74) is 0.637. The number of hydrogen-bond donors (Lipinski definition) is 1. The lowest BCUT2D eigenvalue weighted by Crippen LogP contribution is -2.30. The van der Waals surface area contributed by atoms with Crippen LogP contribution in [0.2, 0.25) is 0 Å². The first-order valence-electron chi connectivity index (χ1n) is 5.52. The molecule has 1 aliphatic rings. The lowest BCUT2D eigenvalue weighted by Gasteiger charge is -2.28. The van der Waals surface area contributed by atoms with Crippen molar-refractivity contribution in [2.75, 3.05) is 20.1 Å². The van der Waals surface area contributed by atoms with Crippen LogP contribution in [0, 0.1) is 5.92 Å². The predicted octanol–water partition coefficient (Wildman–Crippen LogP) is 1.05. The third-order valence-electron chi connectivity index (χ3n) is 3.10. The normalized spacial score (nSPS) is 19.6. The van der Waals surface area contributed by atoms with Crippen molar-refractivity contribution in [1.82, 2.24) is 10.1 Å². The molecule has 1 aliphatic heterocycles. The van der Waals surface area contributed by atoms with E-state index in [1.807, 2.05) is 6.07 Å². The molecule has 1 aromatic heterocycles. The molecule has 1 N–H and O–H groups in total. The van der Waals surface area contributed by atoms with E-state index in [2.05, 4.69) is 17.1 Å². The van der Waals surface area contributed by atoms with Crippen molar-refractivity contribution in [3.8, 4) is 0 Å². The maximum atomic E-state index is 8.86. The van der Waals surface area contributed by atoms with Crippen LogP contribution in [0.1, 0.15) is 24.3 Å². The summed E-state index contributed by atoms with van der Waals surface area (Å²) in [6.45, 7) is 2.31. The van der Waals surface area contributed by atoms with Crippen LogP contribution < -0.4 is 0 Å². The van der Waals surface area contributed by atoms with E-state index >= 15 is 0 Å². The molecule has 0 aliphatic carbocycles. The minimum atomic E-state index is -0.0308. The molecule has 0 radical (unpaired) electrons. The highest BCUT2D eigenvalue weighted by Gasteiger charge is 2.18. The monoisotopic (exact) mass is 210 g/mol. The SMILES string of the molecule is CN1CCC(Cc2cc(CO)no2)CC1. The van der Waals surface area contributed by atoms with Gasteiger partial charge in [0.1, 0.15) is 11.5 Å². The molecule has 0 saturated carbocycles. The second-order valence-corrected chi connectivity index (χ2v) is 4.39. The van der Waals surface area contributed by atoms with Crippen molar-refractivity contribution >= 4 is 0 Å². The Kier molecular flexibility index (Phi) is 3.38. The molecule has 1 fully saturated rings. The van der Waals surface area contributed by atoms with Gasteiger partial charge in [-0.15, -0.1) is 0 Å². The number of hydrogen-bond acceptors (Lipinski definition) is 4. The first-order chi connectivity index (χ1) is 7.28. The van der Waals surface area contributed by atoms with Crippen LogP contribution in [0.25, 0.3) is 0 Å². The van der Waals surface area contributed by atoms with Crippen molar-refractivity contribution in [2.45, 2.75) is 25.9 Å². The molecular weight excluding hydrogens is 192 g/mol. The Morgan fingerprint density at radius 2 is 2.27 bits per heavy atom. The molecule has 0 atom stereocenters. The highest BCUT2D eigenvalue weighted by atomic mass is 16.5. The number of likely N-dealkylation sites (tertiary alicyclic amines) is 1. The molecule has 15 heavy (non-hydrogen) atoms. The van der Waals surface area contributed by atoms with Gasteiger partial charge in [-0.1, -0.05) is 5.16 Å². The van der Waals surface area contributed by atoms with E-state index in [4.69, 9.17) is 9.63 Å². The molecule has 0 aromatic carbocycles. The highest BCUT2D eigenvalue weighted by molar-refractivity contribution is 5.05. The number of aliphatic hydroxyl groups is 1. The average molecular weight is 210 g/mol. The Labute approximate surface area is 89.9 Å². The molecule has 1 aromatic rings. The van der Waals surface area contributed by atoms with Crippen LogP contribution in [0.15, 0.2) is 10.6 Å². The van der Waals surface area contributed by atoms with E-state index in [1.165, 1.54) is 25.9 Å². The van der Waals surface area contributed by atoms with Gasteiger partial charge in [0.2, 0.25) is 0 Å². The van der Waals surface area contributed by atoms with Crippen LogP contribution in [0.4, 0.5) is 0 Å². The van der Waals surface area contributed by atoms with Gasteiger partial charge < -0.3 is 14.5 Å². The Bertz CT molecular complexity index is 303. The lowest BCUT2D eigenvalue weighted by atomic mass is 9.93. The summed E-state index contributed by atoms with van der Waals surface area (Å²) in [6.07, 6.45) is 3.41. The van der Waals surface area contributed by atoms with Crippen LogP contribution in [0.3, 0.4) is 0 Å². The fourth-order valence-electron chi connectivity index (χ4n) is 2.08.